The van der Waals surface area contributed by atoms with Gasteiger partial charge in [0, 0.05) is 17.2 Å². The first kappa shape index (κ1) is 19.7. The second-order valence-electron chi connectivity index (χ2n) is 6.56. The first-order valence-corrected chi connectivity index (χ1v) is 9.26. The fraction of sp³-hybridized carbons (Fsp3) is 0.0435. The molecule has 0 fully saturated rings. The minimum absolute atomic E-state index is 0.239. The van der Waals surface area contributed by atoms with Crippen LogP contribution in [0.25, 0.3) is 22.6 Å². The zero-order valence-corrected chi connectivity index (χ0v) is 16.2. The summed E-state index contributed by atoms with van der Waals surface area (Å²) in [7, 11) is 0. The molecule has 0 radical (unpaired) electrons. The van der Waals surface area contributed by atoms with Crippen molar-refractivity contribution < 1.29 is 9.53 Å². The van der Waals surface area contributed by atoms with Gasteiger partial charge in [-0.05, 0) is 29.8 Å². The second-order valence-corrected chi connectivity index (χ2v) is 6.56. The van der Waals surface area contributed by atoms with Crippen molar-refractivity contribution in [2.75, 3.05) is 0 Å². The minimum atomic E-state index is -0.239. The Labute approximate surface area is 177 Å². The monoisotopic (exact) mass is 409 g/mol. The van der Waals surface area contributed by atoms with Crippen molar-refractivity contribution in [3.63, 3.8) is 0 Å². The fourth-order valence-electron chi connectivity index (χ4n) is 3.03. The van der Waals surface area contributed by atoms with Gasteiger partial charge < -0.3 is 4.74 Å². The SMILES string of the molecule is N#Cc1cccc(-c2ccc(=O)n(Cc3cccc(-c4ncc(OC=O)cn4)c3)n2)c1. The van der Waals surface area contributed by atoms with Crippen molar-refractivity contribution in [3.8, 4) is 34.5 Å². The molecular formula is C23H15N5O3. The summed E-state index contributed by atoms with van der Waals surface area (Å²) >= 11 is 0. The number of ether oxygens (including phenoxy) is 1. The Balaban J connectivity index is 1.62. The van der Waals surface area contributed by atoms with Gasteiger partial charge in [-0.3, -0.25) is 9.59 Å². The van der Waals surface area contributed by atoms with Gasteiger partial charge in [0.2, 0.25) is 0 Å². The van der Waals surface area contributed by atoms with Crippen LogP contribution in [0.2, 0.25) is 0 Å². The molecule has 0 bridgehead atoms. The van der Waals surface area contributed by atoms with Crippen LogP contribution < -0.4 is 10.3 Å². The van der Waals surface area contributed by atoms with Gasteiger partial charge in [0.1, 0.15) is 0 Å². The lowest BCUT2D eigenvalue weighted by molar-refractivity contribution is -0.120. The molecule has 2 heterocycles. The molecule has 0 N–H and O–H groups in total. The molecule has 150 valence electrons. The first-order valence-electron chi connectivity index (χ1n) is 9.26. The summed E-state index contributed by atoms with van der Waals surface area (Å²) in [6.45, 7) is 0.569. The van der Waals surface area contributed by atoms with Crippen molar-refractivity contribution >= 4 is 6.47 Å². The molecular weight excluding hydrogens is 394 g/mol. The van der Waals surface area contributed by atoms with Crippen LogP contribution >= 0.6 is 0 Å². The van der Waals surface area contributed by atoms with E-state index in [2.05, 4.69) is 21.1 Å². The lowest BCUT2D eigenvalue weighted by Crippen LogP contribution is -2.22. The molecule has 4 rings (SSSR count). The first-order chi connectivity index (χ1) is 15.2. The Bertz CT molecular complexity index is 1340. The Morgan fingerprint density at radius 3 is 2.55 bits per heavy atom. The topological polar surface area (TPSA) is 111 Å². The van der Waals surface area contributed by atoms with Crippen LogP contribution in [-0.2, 0) is 11.3 Å². The third-order valence-electron chi connectivity index (χ3n) is 4.48. The molecule has 4 aromatic rings. The van der Waals surface area contributed by atoms with Crippen molar-refractivity contribution in [1.82, 2.24) is 19.7 Å². The van der Waals surface area contributed by atoms with E-state index in [4.69, 9.17) is 10.00 Å². The summed E-state index contributed by atoms with van der Waals surface area (Å²) in [5, 5.41) is 13.6. The van der Waals surface area contributed by atoms with E-state index < -0.39 is 0 Å². The Morgan fingerprint density at radius 2 is 1.77 bits per heavy atom. The van der Waals surface area contributed by atoms with Crippen molar-refractivity contribution in [3.05, 3.63) is 94.5 Å². The van der Waals surface area contributed by atoms with E-state index in [1.807, 2.05) is 30.3 Å². The van der Waals surface area contributed by atoms with Gasteiger partial charge >= 0.3 is 0 Å². The Hall–Kier alpha value is -4.64. The average Bonchev–Trinajstić information content (AvgIpc) is 2.81. The molecule has 0 atom stereocenters. The predicted molar refractivity (Wildman–Crippen MR) is 112 cm³/mol. The third-order valence-corrected chi connectivity index (χ3v) is 4.48. The van der Waals surface area contributed by atoms with E-state index in [1.165, 1.54) is 23.1 Å². The summed E-state index contributed by atoms with van der Waals surface area (Å²) < 4.78 is 6.08. The lowest BCUT2D eigenvalue weighted by Gasteiger charge is -2.09. The highest BCUT2D eigenvalue weighted by Crippen LogP contribution is 2.19. The zero-order chi connectivity index (χ0) is 21.6. The quantitative estimate of drug-likeness (QED) is 0.450. The van der Waals surface area contributed by atoms with E-state index in [0.29, 0.717) is 23.6 Å². The Kier molecular flexibility index (Phi) is 5.58. The van der Waals surface area contributed by atoms with Gasteiger partial charge in [0.25, 0.3) is 12.0 Å². The smallest absolute Gasteiger partial charge is 0.298 e. The molecule has 8 heteroatoms. The molecule has 0 spiro atoms. The van der Waals surface area contributed by atoms with Gasteiger partial charge in [0.05, 0.1) is 36.3 Å². The highest BCUT2D eigenvalue weighted by molar-refractivity contribution is 5.60. The van der Waals surface area contributed by atoms with E-state index in [9.17, 15) is 9.59 Å². The summed E-state index contributed by atoms with van der Waals surface area (Å²) in [6, 6.07) is 19.7. The van der Waals surface area contributed by atoms with Gasteiger partial charge in [-0.15, -0.1) is 0 Å². The third kappa shape index (κ3) is 4.52. The second kappa shape index (κ2) is 8.80. The van der Waals surface area contributed by atoms with Gasteiger partial charge in [-0.25, -0.2) is 14.6 Å². The maximum absolute atomic E-state index is 12.4. The van der Waals surface area contributed by atoms with Crippen LogP contribution in [0.4, 0.5) is 0 Å². The highest BCUT2D eigenvalue weighted by atomic mass is 16.5. The molecule has 2 aromatic carbocycles. The number of nitriles is 1. The summed E-state index contributed by atoms with van der Waals surface area (Å²) in [5.74, 6) is 0.713. The molecule has 0 saturated carbocycles. The van der Waals surface area contributed by atoms with E-state index in [1.54, 1.807) is 24.3 Å². The zero-order valence-electron chi connectivity index (χ0n) is 16.2. The van der Waals surface area contributed by atoms with Crippen molar-refractivity contribution in [2.24, 2.45) is 0 Å². The number of benzene rings is 2. The number of rotatable bonds is 6. The molecule has 0 saturated heterocycles. The fourth-order valence-corrected chi connectivity index (χ4v) is 3.03. The van der Waals surface area contributed by atoms with Crippen LogP contribution in [-0.4, -0.2) is 26.2 Å². The van der Waals surface area contributed by atoms with Crippen LogP contribution in [0.3, 0.4) is 0 Å². The number of nitrogens with zero attached hydrogens (tertiary/aromatic N) is 5. The maximum atomic E-state index is 12.4. The van der Waals surface area contributed by atoms with E-state index >= 15 is 0 Å². The molecule has 0 unspecified atom stereocenters. The maximum Gasteiger partial charge on any atom is 0.298 e. The van der Waals surface area contributed by atoms with Crippen LogP contribution in [0.1, 0.15) is 11.1 Å². The number of hydrogen-bond donors (Lipinski definition) is 0. The normalized spacial score (nSPS) is 10.3. The van der Waals surface area contributed by atoms with Crippen molar-refractivity contribution in [1.29, 1.82) is 5.26 Å². The van der Waals surface area contributed by atoms with Crippen LogP contribution in [0, 0.1) is 11.3 Å². The molecule has 0 amide bonds. The van der Waals surface area contributed by atoms with Crippen LogP contribution in [0.5, 0.6) is 5.75 Å². The lowest BCUT2D eigenvalue weighted by atomic mass is 10.1. The number of carbonyl (C=O) groups is 1. The minimum Gasteiger partial charge on any atom is -0.425 e. The molecule has 8 nitrogen and oxygen atoms in total. The summed E-state index contributed by atoms with van der Waals surface area (Å²) in [4.78, 5) is 31.2. The molecule has 2 aromatic heterocycles. The summed E-state index contributed by atoms with van der Waals surface area (Å²) in [6.07, 6.45) is 2.82. The van der Waals surface area contributed by atoms with Crippen molar-refractivity contribution in [2.45, 2.75) is 6.54 Å². The number of hydrogen-bond acceptors (Lipinski definition) is 7. The average molecular weight is 409 g/mol. The summed E-state index contributed by atoms with van der Waals surface area (Å²) in [5.41, 5.74) is 3.23. The standard InChI is InChI=1S/C23H15N5O3/c24-11-16-3-1-5-18(9-16)21-7-8-22(30)28(27-21)14-17-4-2-6-19(10-17)23-25-12-20(13-26-23)31-15-29/h1-10,12-13,15H,14H2. The van der Waals surface area contributed by atoms with Gasteiger partial charge in [-0.2, -0.15) is 10.4 Å². The highest BCUT2D eigenvalue weighted by Gasteiger charge is 2.08. The molecule has 0 aliphatic carbocycles. The largest absolute Gasteiger partial charge is 0.425 e. The van der Waals surface area contributed by atoms with Gasteiger partial charge in [-0.1, -0.05) is 30.3 Å². The molecule has 31 heavy (non-hydrogen) atoms. The van der Waals surface area contributed by atoms with Gasteiger partial charge in [0.15, 0.2) is 11.6 Å². The number of aromatic nitrogens is 4. The molecule has 0 aliphatic rings. The van der Waals surface area contributed by atoms with Crippen LogP contribution in [0.15, 0.2) is 77.9 Å². The number of carbonyl (C=O) groups excluding carboxylic acids is 1. The Morgan fingerprint density at radius 1 is 1.00 bits per heavy atom. The molecule has 0 aliphatic heterocycles. The van der Waals surface area contributed by atoms with E-state index in [0.717, 1.165) is 16.7 Å². The van der Waals surface area contributed by atoms with E-state index in [-0.39, 0.29) is 17.9 Å². The predicted octanol–water partition coefficient (Wildman–Crippen LogP) is 2.82.